The van der Waals surface area contributed by atoms with Crippen molar-refractivity contribution in [2.75, 3.05) is 31.6 Å². The molecule has 6 nitrogen and oxygen atoms in total. The first-order valence-corrected chi connectivity index (χ1v) is 11.5. The molecular weight excluding hydrogens is 400 g/mol. The molecule has 1 saturated heterocycles. The number of nitrogens with zero attached hydrogens (tertiary/aromatic N) is 3. The predicted octanol–water partition coefficient (Wildman–Crippen LogP) is 5.02. The van der Waals surface area contributed by atoms with Gasteiger partial charge in [-0.2, -0.15) is 0 Å². The molecule has 1 aliphatic heterocycles. The lowest BCUT2D eigenvalue weighted by Gasteiger charge is -2.32. The van der Waals surface area contributed by atoms with Crippen molar-refractivity contribution in [2.45, 2.75) is 39.3 Å². The van der Waals surface area contributed by atoms with Gasteiger partial charge in [-0.25, -0.2) is 9.97 Å². The summed E-state index contributed by atoms with van der Waals surface area (Å²) in [6.07, 6.45) is 5.94. The molecule has 0 bridgehead atoms. The SMILES string of the molecule is CCOc1cc(CN2CCC(Nc3cnc(-c4ccccc4)nc3)CC2)cc(OCC)c1. The molecule has 0 atom stereocenters. The summed E-state index contributed by atoms with van der Waals surface area (Å²) in [5.74, 6) is 2.51. The van der Waals surface area contributed by atoms with Crippen molar-refractivity contribution in [3.8, 4) is 22.9 Å². The summed E-state index contributed by atoms with van der Waals surface area (Å²) < 4.78 is 11.4. The summed E-state index contributed by atoms with van der Waals surface area (Å²) in [5, 5.41) is 3.60. The number of aromatic nitrogens is 2. The lowest BCUT2D eigenvalue weighted by molar-refractivity contribution is 0.210. The van der Waals surface area contributed by atoms with Crippen LogP contribution in [0.1, 0.15) is 32.3 Å². The zero-order valence-electron chi connectivity index (χ0n) is 19.0. The number of nitrogens with one attached hydrogen (secondary N) is 1. The van der Waals surface area contributed by atoms with E-state index in [1.54, 1.807) is 0 Å². The van der Waals surface area contributed by atoms with E-state index in [1.807, 2.05) is 62.6 Å². The number of hydrogen-bond donors (Lipinski definition) is 1. The molecular formula is C26H32N4O2. The van der Waals surface area contributed by atoms with E-state index in [-0.39, 0.29) is 0 Å². The number of rotatable bonds is 9. The molecule has 0 aliphatic carbocycles. The van der Waals surface area contributed by atoms with Gasteiger partial charge < -0.3 is 14.8 Å². The Hall–Kier alpha value is -3.12. The molecule has 2 aromatic carbocycles. The monoisotopic (exact) mass is 432 g/mol. The number of anilines is 1. The van der Waals surface area contributed by atoms with Crippen LogP contribution in [0.25, 0.3) is 11.4 Å². The van der Waals surface area contributed by atoms with Crippen molar-refractivity contribution in [3.63, 3.8) is 0 Å². The fourth-order valence-corrected chi connectivity index (χ4v) is 4.09. The fourth-order valence-electron chi connectivity index (χ4n) is 4.09. The van der Waals surface area contributed by atoms with Crippen LogP contribution in [0.5, 0.6) is 11.5 Å². The number of ether oxygens (including phenoxy) is 2. The van der Waals surface area contributed by atoms with Crippen molar-refractivity contribution in [1.29, 1.82) is 0 Å². The number of likely N-dealkylation sites (tertiary alicyclic amines) is 1. The Balaban J connectivity index is 1.30. The minimum atomic E-state index is 0.436. The zero-order valence-corrected chi connectivity index (χ0v) is 19.0. The van der Waals surface area contributed by atoms with Gasteiger partial charge in [-0.05, 0) is 44.4 Å². The van der Waals surface area contributed by atoms with E-state index in [9.17, 15) is 0 Å². The van der Waals surface area contributed by atoms with Crippen LogP contribution in [0.3, 0.4) is 0 Å². The predicted molar refractivity (Wildman–Crippen MR) is 128 cm³/mol. The maximum atomic E-state index is 5.72. The zero-order chi connectivity index (χ0) is 22.2. The van der Waals surface area contributed by atoms with Gasteiger partial charge in [-0.3, -0.25) is 4.90 Å². The average Bonchev–Trinajstić information content (AvgIpc) is 2.82. The molecule has 0 radical (unpaired) electrons. The molecule has 3 aromatic rings. The molecule has 0 unspecified atom stereocenters. The van der Waals surface area contributed by atoms with E-state index in [0.717, 1.165) is 61.1 Å². The quantitative estimate of drug-likeness (QED) is 0.512. The van der Waals surface area contributed by atoms with Crippen LogP contribution in [0, 0.1) is 0 Å². The van der Waals surface area contributed by atoms with Crippen LogP contribution < -0.4 is 14.8 Å². The van der Waals surface area contributed by atoms with Crippen LogP contribution in [-0.4, -0.2) is 47.2 Å². The van der Waals surface area contributed by atoms with Gasteiger partial charge in [0.05, 0.1) is 31.3 Å². The lowest BCUT2D eigenvalue weighted by Crippen LogP contribution is -2.38. The van der Waals surface area contributed by atoms with E-state index in [4.69, 9.17) is 9.47 Å². The average molecular weight is 433 g/mol. The first kappa shape index (κ1) is 22.1. The molecule has 0 amide bonds. The van der Waals surface area contributed by atoms with Gasteiger partial charge in [-0.15, -0.1) is 0 Å². The normalized spacial score (nSPS) is 14.8. The molecule has 4 rings (SSSR count). The van der Waals surface area contributed by atoms with Crippen molar-refractivity contribution in [3.05, 3.63) is 66.5 Å². The third kappa shape index (κ3) is 5.98. The topological polar surface area (TPSA) is 59.5 Å². The Labute approximate surface area is 190 Å². The van der Waals surface area contributed by atoms with Gasteiger partial charge >= 0.3 is 0 Å². The Morgan fingerprint density at radius 2 is 1.53 bits per heavy atom. The van der Waals surface area contributed by atoms with Crippen LogP contribution in [-0.2, 0) is 6.54 Å². The van der Waals surface area contributed by atoms with E-state index < -0.39 is 0 Å². The van der Waals surface area contributed by atoms with Crippen LogP contribution in [0.4, 0.5) is 5.69 Å². The van der Waals surface area contributed by atoms with Gasteiger partial charge in [0.2, 0.25) is 0 Å². The standard InChI is InChI=1S/C26H32N4O2/c1-3-31-24-14-20(15-25(16-24)32-4-2)19-30-12-10-22(11-13-30)29-23-17-27-26(28-18-23)21-8-6-5-7-9-21/h5-9,14-18,22,29H,3-4,10-13,19H2,1-2H3. The minimum Gasteiger partial charge on any atom is -0.494 e. The third-order valence-electron chi connectivity index (χ3n) is 5.61. The van der Waals surface area contributed by atoms with Crippen molar-refractivity contribution < 1.29 is 9.47 Å². The summed E-state index contributed by atoms with van der Waals surface area (Å²) in [5.41, 5.74) is 3.25. The molecule has 6 heteroatoms. The van der Waals surface area contributed by atoms with E-state index in [2.05, 4.69) is 32.3 Å². The maximum Gasteiger partial charge on any atom is 0.159 e. The Bertz CT molecular complexity index is 947. The summed E-state index contributed by atoms with van der Waals surface area (Å²) in [6, 6.07) is 16.7. The summed E-state index contributed by atoms with van der Waals surface area (Å²) in [4.78, 5) is 11.5. The first-order chi connectivity index (χ1) is 15.7. The highest BCUT2D eigenvalue weighted by atomic mass is 16.5. The van der Waals surface area contributed by atoms with Crippen molar-refractivity contribution >= 4 is 5.69 Å². The van der Waals surface area contributed by atoms with Crippen LogP contribution in [0.2, 0.25) is 0 Å². The van der Waals surface area contributed by atoms with Crippen molar-refractivity contribution in [2.24, 2.45) is 0 Å². The molecule has 1 aliphatic rings. The van der Waals surface area contributed by atoms with Gasteiger partial charge in [0.1, 0.15) is 11.5 Å². The number of benzene rings is 2. The van der Waals surface area contributed by atoms with Gasteiger partial charge in [0, 0.05) is 37.3 Å². The highest BCUT2D eigenvalue weighted by Gasteiger charge is 2.20. The smallest absolute Gasteiger partial charge is 0.159 e. The molecule has 1 aromatic heterocycles. The summed E-state index contributed by atoms with van der Waals surface area (Å²) in [6.45, 7) is 8.32. The Morgan fingerprint density at radius 3 is 2.12 bits per heavy atom. The molecule has 0 spiro atoms. The largest absolute Gasteiger partial charge is 0.494 e. The van der Waals surface area contributed by atoms with E-state index in [1.165, 1.54) is 5.56 Å². The van der Waals surface area contributed by atoms with Gasteiger partial charge in [0.25, 0.3) is 0 Å². The van der Waals surface area contributed by atoms with Crippen molar-refractivity contribution in [1.82, 2.24) is 14.9 Å². The number of piperidine rings is 1. The number of hydrogen-bond acceptors (Lipinski definition) is 6. The van der Waals surface area contributed by atoms with E-state index in [0.29, 0.717) is 19.3 Å². The Kier molecular flexibility index (Phi) is 7.56. The Morgan fingerprint density at radius 1 is 0.906 bits per heavy atom. The lowest BCUT2D eigenvalue weighted by atomic mass is 10.0. The summed E-state index contributed by atoms with van der Waals surface area (Å²) in [7, 11) is 0. The second-order valence-electron chi connectivity index (χ2n) is 8.03. The van der Waals surface area contributed by atoms with Gasteiger partial charge in [0.15, 0.2) is 5.82 Å². The maximum absolute atomic E-state index is 5.72. The van der Waals surface area contributed by atoms with E-state index >= 15 is 0 Å². The highest BCUT2D eigenvalue weighted by molar-refractivity contribution is 5.55. The molecule has 0 saturated carbocycles. The molecule has 1 N–H and O–H groups in total. The van der Waals surface area contributed by atoms with Crippen LogP contribution in [0.15, 0.2) is 60.9 Å². The second kappa shape index (κ2) is 11.0. The first-order valence-electron chi connectivity index (χ1n) is 11.5. The molecule has 1 fully saturated rings. The highest BCUT2D eigenvalue weighted by Crippen LogP contribution is 2.25. The second-order valence-corrected chi connectivity index (χ2v) is 8.03. The molecule has 168 valence electrons. The fraction of sp³-hybridized carbons (Fsp3) is 0.385. The summed E-state index contributed by atoms with van der Waals surface area (Å²) >= 11 is 0. The minimum absolute atomic E-state index is 0.436. The third-order valence-corrected chi connectivity index (χ3v) is 5.61. The molecule has 2 heterocycles. The molecule has 32 heavy (non-hydrogen) atoms. The van der Waals surface area contributed by atoms with Crippen LogP contribution >= 0.6 is 0 Å². The van der Waals surface area contributed by atoms with Gasteiger partial charge in [-0.1, -0.05) is 30.3 Å².